The first-order chi connectivity index (χ1) is 7.36. The molecule has 1 unspecified atom stereocenters. The molecule has 0 radical (unpaired) electrons. The number of aromatic nitrogens is 2. The van der Waals surface area contributed by atoms with Crippen molar-refractivity contribution in [3.05, 3.63) is 18.0 Å². The van der Waals surface area contributed by atoms with E-state index in [1.807, 2.05) is 24.7 Å². The molecule has 0 aliphatic rings. The molecule has 16 heavy (non-hydrogen) atoms. The number of rotatable bonds is 5. The Hall–Kier alpha value is -1.36. The normalized spacial score (nSPS) is 13.8. The summed E-state index contributed by atoms with van der Waals surface area (Å²) in [6.45, 7) is 8.40. The summed E-state index contributed by atoms with van der Waals surface area (Å²) in [5, 5.41) is 7.37. The van der Waals surface area contributed by atoms with Crippen LogP contribution in [0.1, 0.15) is 39.3 Å². The molecule has 0 spiro atoms. The lowest BCUT2D eigenvalue weighted by atomic mass is 10.0. The van der Waals surface area contributed by atoms with E-state index < -0.39 is 5.54 Å². The standard InChI is InChI=1S/C11H20N4O/c1-5-15-7-9(6-13-15)8(2)14-11(3,4)10(12)16/h6-8,14H,5H2,1-4H3,(H2,12,16). The van der Waals surface area contributed by atoms with Gasteiger partial charge in [0.1, 0.15) is 0 Å². The van der Waals surface area contributed by atoms with Gasteiger partial charge in [0.05, 0.1) is 11.7 Å². The van der Waals surface area contributed by atoms with Crippen molar-refractivity contribution in [3.8, 4) is 0 Å². The van der Waals surface area contributed by atoms with Crippen LogP contribution in [0.15, 0.2) is 12.4 Å². The summed E-state index contributed by atoms with van der Waals surface area (Å²) in [6.07, 6.45) is 3.77. The fraction of sp³-hybridized carbons (Fsp3) is 0.636. The summed E-state index contributed by atoms with van der Waals surface area (Å²) >= 11 is 0. The third-order valence-corrected chi connectivity index (χ3v) is 2.67. The quantitative estimate of drug-likeness (QED) is 0.777. The second-order valence-corrected chi connectivity index (χ2v) is 4.48. The average molecular weight is 224 g/mol. The molecule has 1 aromatic heterocycles. The fourth-order valence-corrected chi connectivity index (χ4v) is 1.47. The van der Waals surface area contributed by atoms with Gasteiger partial charge < -0.3 is 5.73 Å². The van der Waals surface area contributed by atoms with E-state index in [0.29, 0.717) is 0 Å². The molecule has 1 rings (SSSR count). The van der Waals surface area contributed by atoms with Crippen molar-refractivity contribution in [2.24, 2.45) is 5.73 Å². The molecule has 5 heteroatoms. The number of aryl methyl sites for hydroxylation is 1. The molecule has 0 aromatic carbocycles. The maximum absolute atomic E-state index is 11.2. The number of nitrogens with two attached hydrogens (primary N) is 1. The van der Waals surface area contributed by atoms with Crippen molar-refractivity contribution in [2.45, 2.75) is 45.8 Å². The van der Waals surface area contributed by atoms with Gasteiger partial charge in [-0.2, -0.15) is 5.10 Å². The van der Waals surface area contributed by atoms with E-state index in [-0.39, 0.29) is 11.9 Å². The summed E-state index contributed by atoms with van der Waals surface area (Å²) in [6, 6.07) is 0.0443. The van der Waals surface area contributed by atoms with Crippen LogP contribution in [0.3, 0.4) is 0 Å². The van der Waals surface area contributed by atoms with Gasteiger partial charge in [-0.3, -0.25) is 14.8 Å². The average Bonchev–Trinajstić information content (AvgIpc) is 2.64. The molecule has 0 bridgehead atoms. The molecule has 1 heterocycles. The predicted octanol–water partition coefficient (Wildman–Crippen LogP) is 0.817. The van der Waals surface area contributed by atoms with Gasteiger partial charge in [0.25, 0.3) is 0 Å². The van der Waals surface area contributed by atoms with Crippen molar-refractivity contribution in [2.75, 3.05) is 0 Å². The van der Waals surface area contributed by atoms with Crippen molar-refractivity contribution in [1.29, 1.82) is 0 Å². The van der Waals surface area contributed by atoms with Crippen molar-refractivity contribution < 1.29 is 4.79 Å². The summed E-state index contributed by atoms with van der Waals surface area (Å²) in [4.78, 5) is 11.2. The number of carbonyl (C=O) groups excluding carboxylic acids is 1. The molecule has 0 aliphatic heterocycles. The predicted molar refractivity (Wildman–Crippen MR) is 62.7 cm³/mol. The van der Waals surface area contributed by atoms with Crippen LogP contribution < -0.4 is 11.1 Å². The Labute approximate surface area is 96.0 Å². The van der Waals surface area contributed by atoms with E-state index >= 15 is 0 Å². The molecular weight excluding hydrogens is 204 g/mol. The van der Waals surface area contributed by atoms with Gasteiger partial charge in [0.2, 0.25) is 5.91 Å². The number of primary amides is 1. The third kappa shape index (κ3) is 2.82. The lowest BCUT2D eigenvalue weighted by molar-refractivity contribution is -0.123. The number of amides is 1. The van der Waals surface area contributed by atoms with Crippen LogP contribution in [-0.2, 0) is 11.3 Å². The van der Waals surface area contributed by atoms with Crippen molar-refractivity contribution in [3.63, 3.8) is 0 Å². The summed E-state index contributed by atoms with van der Waals surface area (Å²) in [5.41, 5.74) is 5.64. The van der Waals surface area contributed by atoms with Crippen molar-refractivity contribution in [1.82, 2.24) is 15.1 Å². The topological polar surface area (TPSA) is 72.9 Å². The van der Waals surface area contributed by atoms with E-state index in [2.05, 4.69) is 10.4 Å². The van der Waals surface area contributed by atoms with Gasteiger partial charge in [0, 0.05) is 24.3 Å². The van der Waals surface area contributed by atoms with Crippen LogP contribution in [-0.4, -0.2) is 21.2 Å². The largest absolute Gasteiger partial charge is 0.368 e. The first-order valence-corrected chi connectivity index (χ1v) is 5.46. The zero-order valence-corrected chi connectivity index (χ0v) is 10.3. The third-order valence-electron chi connectivity index (χ3n) is 2.67. The summed E-state index contributed by atoms with van der Waals surface area (Å²) in [5.74, 6) is -0.359. The first-order valence-electron chi connectivity index (χ1n) is 5.46. The Balaban J connectivity index is 2.72. The number of hydrogen-bond donors (Lipinski definition) is 2. The monoisotopic (exact) mass is 224 g/mol. The van der Waals surface area contributed by atoms with Crippen LogP contribution in [0.4, 0.5) is 0 Å². The first kappa shape index (κ1) is 12.7. The van der Waals surface area contributed by atoms with Crippen LogP contribution in [0, 0.1) is 0 Å². The summed E-state index contributed by atoms with van der Waals surface area (Å²) < 4.78 is 1.85. The van der Waals surface area contributed by atoms with E-state index in [4.69, 9.17) is 5.73 Å². The lowest BCUT2D eigenvalue weighted by Gasteiger charge is -2.26. The molecule has 1 atom stereocenters. The molecular formula is C11H20N4O. The SMILES string of the molecule is CCn1cc(C(C)NC(C)(C)C(N)=O)cn1. The minimum atomic E-state index is -0.715. The Bertz CT molecular complexity index is 370. The highest BCUT2D eigenvalue weighted by Crippen LogP contribution is 2.15. The van der Waals surface area contributed by atoms with Crippen LogP contribution in [0.5, 0.6) is 0 Å². The lowest BCUT2D eigenvalue weighted by Crippen LogP contribution is -2.51. The Kier molecular flexibility index (Phi) is 3.70. The van der Waals surface area contributed by atoms with Gasteiger partial charge in [-0.25, -0.2) is 0 Å². The number of nitrogens with one attached hydrogen (secondary N) is 1. The molecule has 1 amide bonds. The molecule has 0 aliphatic carbocycles. The van der Waals surface area contributed by atoms with E-state index in [9.17, 15) is 4.79 Å². The van der Waals surface area contributed by atoms with Crippen molar-refractivity contribution >= 4 is 5.91 Å². The van der Waals surface area contributed by atoms with E-state index in [1.165, 1.54) is 0 Å². The zero-order chi connectivity index (χ0) is 12.3. The van der Waals surface area contributed by atoms with Crippen LogP contribution in [0.2, 0.25) is 0 Å². The Morgan fingerprint density at radius 3 is 2.75 bits per heavy atom. The fourth-order valence-electron chi connectivity index (χ4n) is 1.47. The van der Waals surface area contributed by atoms with Crippen LogP contribution in [0.25, 0.3) is 0 Å². The molecule has 1 aromatic rings. The molecule has 0 fully saturated rings. The molecule has 90 valence electrons. The minimum Gasteiger partial charge on any atom is -0.368 e. The van der Waals surface area contributed by atoms with Gasteiger partial charge in [-0.1, -0.05) is 0 Å². The number of hydrogen-bond acceptors (Lipinski definition) is 3. The second kappa shape index (κ2) is 4.65. The zero-order valence-electron chi connectivity index (χ0n) is 10.3. The van der Waals surface area contributed by atoms with Gasteiger partial charge in [-0.05, 0) is 27.7 Å². The summed E-state index contributed by atoms with van der Waals surface area (Å²) in [7, 11) is 0. The Morgan fingerprint density at radius 2 is 2.31 bits per heavy atom. The second-order valence-electron chi connectivity index (χ2n) is 4.48. The maximum atomic E-state index is 11.2. The van der Waals surface area contributed by atoms with Gasteiger partial charge in [0.15, 0.2) is 0 Å². The number of carbonyl (C=O) groups is 1. The molecule has 0 saturated heterocycles. The molecule has 0 saturated carbocycles. The highest BCUT2D eigenvalue weighted by molar-refractivity contribution is 5.83. The van der Waals surface area contributed by atoms with Gasteiger partial charge in [-0.15, -0.1) is 0 Å². The smallest absolute Gasteiger partial charge is 0.237 e. The van der Waals surface area contributed by atoms with Gasteiger partial charge >= 0.3 is 0 Å². The molecule has 5 nitrogen and oxygen atoms in total. The molecule has 3 N–H and O–H groups in total. The maximum Gasteiger partial charge on any atom is 0.237 e. The number of nitrogens with zero attached hydrogens (tertiary/aromatic N) is 2. The minimum absolute atomic E-state index is 0.0443. The highest BCUT2D eigenvalue weighted by atomic mass is 16.1. The Morgan fingerprint density at radius 1 is 1.69 bits per heavy atom. The van der Waals surface area contributed by atoms with Crippen LogP contribution >= 0.6 is 0 Å². The van der Waals surface area contributed by atoms with E-state index in [0.717, 1.165) is 12.1 Å². The highest BCUT2D eigenvalue weighted by Gasteiger charge is 2.27. The van der Waals surface area contributed by atoms with E-state index in [1.54, 1.807) is 20.0 Å².